The average molecular weight is 355 g/mol. The van der Waals surface area contributed by atoms with Crippen molar-refractivity contribution in [1.29, 1.82) is 0 Å². The van der Waals surface area contributed by atoms with E-state index >= 15 is 0 Å². The van der Waals surface area contributed by atoms with Crippen molar-refractivity contribution in [1.82, 2.24) is 4.90 Å². The van der Waals surface area contributed by atoms with Crippen molar-refractivity contribution in [3.63, 3.8) is 0 Å². The number of amides is 1. The molecule has 0 N–H and O–H groups in total. The third kappa shape index (κ3) is 3.54. The summed E-state index contributed by atoms with van der Waals surface area (Å²) in [5.41, 5.74) is 3.74. The molecular weight excluding hydrogens is 334 g/mol. The monoisotopic (exact) mass is 355 g/mol. The summed E-state index contributed by atoms with van der Waals surface area (Å²) >= 11 is 0. The minimum atomic E-state index is -0.113. The second-order valence-corrected chi connectivity index (χ2v) is 6.82. The Kier molecular flexibility index (Phi) is 4.84. The maximum Gasteiger partial charge on any atom is 0.254 e. The van der Waals surface area contributed by atoms with Crippen LogP contribution in [0.3, 0.4) is 0 Å². The molecule has 0 radical (unpaired) electrons. The molecule has 27 heavy (non-hydrogen) atoms. The quantitative estimate of drug-likeness (QED) is 0.629. The normalized spacial score (nSPS) is 13.6. The average Bonchev–Trinajstić information content (AvgIpc) is 3.28. The molecule has 1 aliphatic rings. The Hall–Kier alpha value is -3.20. The highest BCUT2D eigenvalue weighted by atomic mass is 16.2. The summed E-state index contributed by atoms with van der Waals surface area (Å²) in [5, 5.41) is 0. The lowest BCUT2D eigenvalue weighted by atomic mass is 9.96. The highest BCUT2D eigenvalue weighted by Crippen LogP contribution is 2.22. The van der Waals surface area contributed by atoms with Crippen LogP contribution in [-0.4, -0.2) is 29.7 Å². The first-order chi connectivity index (χ1) is 13.2. The van der Waals surface area contributed by atoms with Crippen LogP contribution in [0, 0.1) is 0 Å². The molecular formula is C24H21NO2. The zero-order valence-corrected chi connectivity index (χ0v) is 15.1. The van der Waals surface area contributed by atoms with Gasteiger partial charge in [0.1, 0.15) is 0 Å². The van der Waals surface area contributed by atoms with E-state index in [1.54, 1.807) is 12.1 Å². The first-order valence-electron chi connectivity index (χ1n) is 9.32. The van der Waals surface area contributed by atoms with Gasteiger partial charge in [-0.3, -0.25) is 9.59 Å². The maximum atomic E-state index is 13.1. The molecule has 0 aliphatic carbocycles. The Bertz CT molecular complexity index is 955. The minimum Gasteiger partial charge on any atom is -0.339 e. The molecule has 1 amide bonds. The summed E-state index contributed by atoms with van der Waals surface area (Å²) in [6.45, 7) is 1.54. The van der Waals surface area contributed by atoms with E-state index in [9.17, 15) is 9.59 Å². The van der Waals surface area contributed by atoms with Gasteiger partial charge in [-0.25, -0.2) is 0 Å². The smallest absolute Gasteiger partial charge is 0.254 e. The van der Waals surface area contributed by atoms with E-state index in [2.05, 4.69) is 0 Å². The van der Waals surface area contributed by atoms with Crippen molar-refractivity contribution in [2.24, 2.45) is 0 Å². The van der Waals surface area contributed by atoms with E-state index in [0.29, 0.717) is 16.7 Å². The van der Waals surface area contributed by atoms with Gasteiger partial charge in [0, 0.05) is 24.2 Å². The van der Waals surface area contributed by atoms with Crippen molar-refractivity contribution >= 4 is 11.7 Å². The molecule has 3 heteroatoms. The van der Waals surface area contributed by atoms with Crippen molar-refractivity contribution < 1.29 is 9.59 Å². The van der Waals surface area contributed by atoms with Crippen LogP contribution in [0.25, 0.3) is 11.1 Å². The third-order valence-corrected chi connectivity index (χ3v) is 5.05. The van der Waals surface area contributed by atoms with Crippen LogP contribution in [-0.2, 0) is 0 Å². The molecule has 3 aromatic rings. The molecule has 3 nitrogen and oxygen atoms in total. The second kappa shape index (κ2) is 7.58. The van der Waals surface area contributed by atoms with Gasteiger partial charge >= 0.3 is 0 Å². The van der Waals surface area contributed by atoms with E-state index in [-0.39, 0.29) is 11.7 Å². The third-order valence-electron chi connectivity index (χ3n) is 5.05. The van der Waals surface area contributed by atoms with E-state index in [0.717, 1.165) is 37.1 Å². The van der Waals surface area contributed by atoms with Gasteiger partial charge in [0.25, 0.3) is 5.91 Å². The number of benzene rings is 3. The van der Waals surface area contributed by atoms with Gasteiger partial charge in [0.2, 0.25) is 0 Å². The van der Waals surface area contributed by atoms with Gasteiger partial charge in [-0.15, -0.1) is 0 Å². The Labute approximate surface area is 159 Å². The molecule has 1 saturated heterocycles. The summed E-state index contributed by atoms with van der Waals surface area (Å²) < 4.78 is 0. The van der Waals surface area contributed by atoms with Crippen molar-refractivity contribution in [3.8, 4) is 11.1 Å². The van der Waals surface area contributed by atoms with Crippen molar-refractivity contribution in [3.05, 3.63) is 95.6 Å². The van der Waals surface area contributed by atoms with Crippen molar-refractivity contribution in [2.75, 3.05) is 13.1 Å². The molecule has 1 heterocycles. The molecule has 0 aromatic heterocycles. The van der Waals surface area contributed by atoms with Gasteiger partial charge in [-0.1, -0.05) is 72.8 Å². The number of ketones is 1. The maximum absolute atomic E-state index is 13.1. The molecule has 0 saturated carbocycles. The summed E-state index contributed by atoms with van der Waals surface area (Å²) in [6.07, 6.45) is 2.06. The lowest BCUT2D eigenvalue weighted by Gasteiger charge is -2.17. The summed E-state index contributed by atoms with van der Waals surface area (Å²) in [5.74, 6) is -0.157. The fourth-order valence-electron chi connectivity index (χ4n) is 3.56. The number of nitrogens with zero attached hydrogens (tertiary/aromatic N) is 1. The van der Waals surface area contributed by atoms with Crippen LogP contribution in [0.4, 0.5) is 0 Å². The summed E-state index contributed by atoms with van der Waals surface area (Å²) in [6, 6.07) is 24.8. The standard InChI is InChI=1S/C24H21NO2/c26-23(20-14-12-19(13-15-20)18-8-2-1-3-9-18)21-10-4-5-11-22(21)24(27)25-16-6-7-17-25/h1-5,8-15H,6-7,16-17H2. The molecule has 1 aliphatic heterocycles. The minimum absolute atomic E-state index is 0.0441. The number of carbonyl (C=O) groups excluding carboxylic acids is 2. The Morgan fingerprint density at radius 2 is 1.19 bits per heavy atom. The second-order valence-electron chi connectivity index (χ2n) is 6.82. The molecule has 0 atom stereocenters. The zero-order valence-electron chi connectivity index (χ0n) is 15.1. The predicted octanol–water partition coefficient (Wildman–Crippen LogP) is 4.82. The van der Waals surface area contributed by atoms with Crippen LogP contribution < -0.4 is 0 Å². The number of hydrogen-bond acceptors (Lipinski definition) is 2. The van der Waals surface area contributed by atoms with E-state index in [1.807, 2.05) is 71.6 Å². The molecule has 0 unspecified atom stereocenters. The van der Waals surface area contributed by atoms with Gasteiger partial charge in [0.05, 0.1) is 5.56 Å². The summed E-state index contributed by atoms with van der Waals surface area (Å²) in [7, 11) is 0. The molecule has 4 rings (SSSR count). The first kappa shape index (κ1) is 17.2. The first-order valence-corrected chi connectivity index (χ1v) is 9.32. The van der Waals surface area contributed by atoms with E-state index in [4.69, 9.17) is 0 Å². The molecule has 0 bridgehead atoms. The fraction of sp³-hybridized carbons (Fsp3) is 0.167. The topological polar surface area (TPSA) is 37.4 Å². The van der Waals surface area contributed by atoms with Gasteiger partial charge < -0.3 is 4.90 Å². The van der Waals surface area contributed by atoms with Crippen LogP contribution in [0.15, 0.2) is 78.9 Å². The van der Waals surface area contributed by atoms with Crippen LogP contribution >= 0.6 is 0 Å². The van der Waals surface area contributed by atoms with Gasteiger partial charge in [0.15, 0.2) is 5.78 Å². The Morgan fingerprint density at radius 3 is 1.85 bits per heavy atom. The molecule has 0 spiro atoms. The highest BCUT2D eigenvalue weighted by Gasteiger charge is 2.24. The fourth-order valence-corrected chi connectivity index (χ4v) is 3.56. The SMILES string of the molecule is O=C(c1ccc(-c2ccccc2)cc1)c1ccccc1C(=O)N1CCCC1. The Balaban J connectivity index is 1.62. The zero-order chi connectivity index (χ0) is 18.6. The molecule has 134 valence electrons. The largest absolute Gasteiger partial charge is 0.339 e. The molecule has 1 fully saturated rings. The van der Waals surface area contributed by atoms with Crippen LogP contribution in [0.5, 0.6) is 0 Å². The number of carbonyl (C=O) groups is 2. The predicted molar refractivity (Wildman–Crippen MR) is 107 cm³/mol. The Morgan fingerprint density at radius 1 is 0.630 bits per heavy atom. The highest BCUT2D eigenvalue weighted by molar-refractivity contribution is 6.15. The molecule has 3 aromatic carbocycles. The van der Waals surface area contributed by atoms with Crippen molar-refractivity contribution in [2.45, 2.75) is 12.8 Å². The van der Waals surface area contributed by atoms with Gasteiger partial charge in [-0.2, -0.15) is 0 Å². The van der Waals surface area contributed by atoms with E-state index in [1.165, 1.54) is 0 Å². The van der Waals surface area contributed by atoms with Gasteiger partial charge in [-0.05, 0) is 30.0 Å². The number of hydrogen-bond donors (Lipinski definition) is 0. The van der Waals surface area contributed by atoms with Crippen LogP contribution in [0.1, 0.15) is 39.1 Å². The van der Waals surface area contributed by atoms with Crippen LogP contribution in [0.2, 0.25) is 0 Å². The number of rotatable bonds is 4. The number of likely N-dealkylation sites (tertiary alicyclic amines) is 1. The lowest BCUT2D eigenvalue weighted by Crippen LogP contribution is -2.29. The summed E-state index contributed by atoms with van der Waals surface area (Å²) in [4.78, 5) is 27.7. The van der Waals surface area contributed by atoms with E-state index < -0.39 is 0 Å². The lowest BCUT2D eigenvalue weighted by molar-refractivity contribution is 0.0788.